The Morgan fingerprint density at radius 2 is 1.68 bits per heavy atom. The van der Waals surface area contributed by atoms with E-state index in [1.54, 1.807) is 0 Å². The van der Waals surface area contributed by atoms with Gasteiger partial charge in [-0.05, 0) is 0 Å². The van der Waals surface area contributed by atoms with Crippen LogP contribution in [-0.2, 0) is 5.32 Å². The van der Waals surface area contributed by atoms with Crippen LogP contribution in [0.2, 0.25) is 0 Å². The molecule has 0 amide bonds. The summed E-state index contributed by atoms with van der Waals surface area (Å²) in [4.78, 5) is 0. The Bertz CT molecular complexity index is 755. The minimum absolute atomic E-state index is 0.388. The SMILES string of the molecule is Cc1cc(C)c([Se]Cc2cn(-c3ccccc3)nn2)c(C)c1. The van der Waals surface area contributed by atoms with Crippen LogP contribution in [0.5, 0.6) is 0 Å². The van der Waals surface area contributed by atoms with Gasteiger partial charge >= 0.3 is 137 Å². The van der Waals surface area contributed by atoms with Crippen molar-refractivity contribution in [3.63, 3.8) is 0 Å². The van der Waals surface area contributed by atoms with Crippen molar-refractivity contribution in [1.82, 2.24) is 15.0 Å². The zero-order valence-corrected chi connectivity index (χ0v) is 14.8. The number of para-hydroxylation sites is 1. The molecule has 0 aliphatic heterocycles. The summed E-state index contributed by atoms with van der Waals surface area (Å²) >= 11 is 0.388. The molecule has 3 nitrogen and oxygen atoms in total. The van der Waals surface area contributed by atoms with Crippen molar-refractivity contribution < 1.29 is 0 Å². The predicted molar refractivity (Wildman–Crippen MR) is 91.1 cm³/mol. The molecule has 0 N–H and O–H groups in total. The molecule has 0 aliphatic rings. The van der Waals surface area contributed by atoms with Gasteiger partial charge in [0.2, 0.25) is 0 Å². The molecule has 4 heteroatoms. The van der Waals surface area contributed by atoms with Crippen LogP contribution in [0.25, 0.3) is 5.69 Å². The third-order valence-electron chi connectivity index (χ3n) is 3.53. The first-order valence-electron chi connectivity index (χ1n) is 7.31. The number of rotatable bonds is 4. The molecule has 0 aliphatic carbocycles. The normalized spacial score (nSPS) is 10.9. The first-order valence-corrected chi connectivity index (χ1v) is 9.37. The number of hydrogen-bond acceptors (Lipinski definition) is 2. The minimum atomic E-state index is 0.388. The summed E-state index contributed by atoms with van der Waals surface area (Å²) in [5.74, 6) is 0. The van der Waals surface area contributed by atoms with Crippen molar-refractivity contribution in [1.29, 1.82) is 0 Å². The molecule has 0 unspecified atom stereocenters. The van der Waals surface area contributed by atoms with Gasteiger partial charge in [0.05, 0.1) is 0 Å². The summed E-state index contributed by atoms with van der Waals surface area (Å²) in [5, 5.41) is 9.52. The number of aryl methyl sites for hydroxylation is 3. The summed E-state index contributed by atoms with van der Waals surface area (Å²) in [6, 6.07) is 14.7. The van der Waals surface area contributed by atoms with Crippen LogP contribution in [0, 0.1) is 20.8 Å². The molecular formula is C18H19N3Se. The van der Waals surface area contributed by atoms with Gasteiger partial charge in [-0.3, -0.25) is 0 Å². The van der Waals surface area contributed by atoms with E-state index in [4.69, 9.17) is 0 Å². The molecule has 3 rings (SSSR count). The average molecular weight is 356 g/mol. The summed E-state index contributed by atoms with van der Waals surface area (Å²) in [6.07, 6.45) is 2.04. The molecule has 0 fully saturated rings. The molecule has 0 saturated heterocycles. The van der Waals surface area contributed by atoms with Crippen molar-refractivity contribution in [2.45, 2.75) is 26.1 Å². The molecule has 0 saturated carbocycles. The molecule has 22 heavy (non-hydrogen) atoms. The Labute approximate surface area is 137 Å². The van der Waals surface area contributed by atoms with Gasteiger partial charge in [-0.25, -0.2) is 0 Å². The molecule has 1 aromatic heterocycles. The quantitative estimate of drug-likeness (QED) is 0.673. The van der Waals surface area contributed by atoms with Gasteiger partial charge in [0, 0.05) is 0 Å². The molecule has 112 valence electrons. The van der Waals surface area contributed by atoms with E-state index in [-0.39, 0.29) is 0 Å². The molecular weight excluding hydrogens is 337 g/mol. The Hall–Kier alpha value is -1.90. The van der Waals surface area contributed by atoms with E-state index < -0.39 is 0 Å². The van der Waals surface area contributed by atoms with E-state index in [0.29, 0.717) is 15.0 Å². The second-order valence-corrected chi connectivity index (χ2v) is 7.57. The summed E-state index contributed by atoms with van der Waals surface area (Å²) < 4.78 is 3.34. The van der Waals surface area contributed by atoms with Gasteiger partial charge in [-0.2, -0.15) is 0 Å². The van der Waals surface area contributed by atoms with Crippen LogP contribution in [0.15, 0.2) is 48.7 Å². The second-order valence-electron chi connectivity index (χ2n) is 5.51. The van der Waals surface area contributed by atoms with Crippen molar-refractivity contribution >= 4 is 19.4 Å². The van der Waals surface area contributed by atoms with Crippen molar-refractivity contribution in [3.05, 3.63) is 71.0 Å². The van der Waals surface area contributed by atoms with Crippen LogP contribution in [0.1, 0.15) is 22.4 Å². The molecule has 0 atom stereocenters. The fraction of sp³-hybridized carbons (Fsp3) is 0.222. The maximum atomic E-state index is 4.31. The third-order valence-corrected chi connectivity index (χ3v) is 6.41. The second kappa shape index (κ2) is 6.47. The summed E-state index contributed by atoms with van der Waals surface area (Å²) in [5.41, 5.74) is 6.24. The monoisotopic (exact) mass is 357 g/mol. The van der Waals surface area contributed by atoms with Gasteiger partial charge in [-0.15, -0.1) is 0 Å². The van der Waals surface area contributed by atoms with Crippen molar-refractivity contribution in [2.75, 3.05) is 0 Å². The molecule has 0 spiro atoms. The standard InChI is InChI=1S/C18H19N3Se/c1-13-9-14(2)18(15(3)10-13)22-12-16-11-21(20-19-16)17-7-5-4-6-8-17/h4-11H,12H2,1-3H3. The number of aromatic nitrogens is 3. The van der Waals surface area contributed by atoms with E-state index in [9.17, 15) is 0 Å². The Kier molecular flexibility index (Phi) is 4.41. The van der Waals surface area contributed by atoms with Crippen LogP contribution >= 0.6 is 0 Å². The van der Waals surface area contributed by atoms with Gasteiger partial charge in [0.25, 0.3) is 0 Å². The number of hydrogen-bond donors (Lipinski definition) is 0. The Morgan fingerprint density at radius 3 is 2.36 bits per heavy atom. The van der Waals surface area contributed by atoms with E-state index >= 15 is 0 Å². The van der Waals surface area contributed by atoms with Crippen LogP contribution in [0.4, 0.5) is 0 Å². The van der Waals surface area contributed by atoms with Crippen molar-refractivity contribution in [3.8, 4) is 5.69 Å². The maximum absolute atomic E-state index is 4.31. The average Bonchev–Trinajstić information content (AvgIpc) is 2.96. The first kappa shape index (κ1) is 15.0. The van der Waals surface area contributed by atoms with Crippen molar-refractivity contribution in [2.24, 2.45) is 0 Å². The van der Waals surface area contributed by atoms with Gasteiger partial charge in [0.1, 0.15) is 0 Å². The fourth-order valence-electron chi connectivity index (χ4n) is 2.61. The first-order chi connectivity index (χ1) is 10.6. The molecule has 3 aromatic rings. The molecule has 2 aromatic carbocycles. The topological polar surface area (TPSA) is 30.7 Å². The number of nitrogens with zero attached hydrogens (tertiary/aromatic N) is 3. The van der Waals surface area contributed by atoms with E-state index in [1.165, 1.54) is 21.2 Å². The molecule has 0 radical (unpaired) electrons. The fourth-order valence-corrected chi connectivity index (χ4v) is 4.71. The zero-order chi connectivity index (χ0) is 15.5. The van der Waals surface area contributed by atoms with E-state index in [1.807, 2.05) is 41.2 Å². The van der Waals surface area contributed by atoms with Gasteiger partial charge in [-0.1, -0.05) is 0 Å². The number of benzene rings is 2. The van der Waals surface area contributed by atoms with Gasteiger partial charge < -0.3 is 0 Å². The summed E-state index contributed by atoms with van der Waals surface area (Å²) in [6.45, 7) is 6.57. The zero-order valence-electron chi connectivity index (χ0n) is 13.1. The van der Waals surface area contributed by atoms with Crippen LogP contribution in [-0.4, -0.2) is 30.0 Å². The van der Waals surface area contributed by atoms with Gasteiger partial charge in [0.15, 0.2) is 0 Å². The molecule has 1 heterocycles. The van der Waals surface area contributed by atoms with Crippen LogP contribution in [0.3, 0.4) is 0 Å². The molecule has 0 bridgehead atoms. The van der Waals surface area contributed by atoms with E-state index in [2.05, 4.69) is 43.2 Å². The van der Waals surface area contributed by atoms with E-state index in [0.717, 1.165) is 16.7 Å². The van der Waals surface area contributed by atoms with Crippen LogP contribution < -0.4 is 4.46 Å². The summed E-state index contributed by atoms with van der Waals surface area (Å²) in [7, 11) is 0. The Balaban J connectivity index is 1.74. The third kappa shape index (κ3) is 3.29. The Morgan fingerprint density at radius 1 is 1.00 bits per heavy atom. The predicted octanol–water partition coefficient (Wildman–Crippen LogP) is 2.72.